The van der Waals surface area contributed by atoms with Crippen molar-refractivity contribution < 1.29 is 26.4 Å². The molecule has 0 saturated heterocycles. The minimum atomic E-state index is -4.88. The number of aromatic nitrogens is 2. The van der Waals surface area contributed by atoms with Crippen LogP contribution < -0.4 is 10.3 Å². The molecule has 1 amide bonds. The molecule has 1 aromatic carbocycles. The van der Waals surface area contributed by atoms with Crippen molar-refractivity contribution in [1.29, 1.82) is 0 Å². The Morgan fingerprint density at radius 1 is 1.29 bits per heavy atom. The fourth-order valence-corrected chi connectivity index (χ4v) is 5.06. The molecule has 0 aliphatic rings. The fraction of sp³-hybridized carbons (Fsp3) is 0.278. The zero-order valence-electron chi connectivity index (χ0n) is 16.2. The lowest BCUT2D eigenvalue weighted by atomic mass is 10.2. The second kappa shape index (κ2) is 8.40. The van der Waals surface area contributed by atoms with E-state index in [9.17, 15) is 31.2 Å². The molecule has 0 bridgehead atoms. The highest BCUT2D eigenvalue weighted by Crippen LogP contribution is 2.33. The molecular formula is C18H17F3N4O4S2. The molecule has 3 aromatic rings. The summed E-state index contributed by atoms with van der Waals surface area (Å²) >= 11 is 1.22. The van der Waals surface area contributed by atoms with Gasteiger partial charge in [0.2, 0.25) is 15.9 Å². The molecule has 0 saturated carbocycles. The summed E-state index contributed by atoms with van der Waals surface area (Å²) in [6, 6.07) is 3.97. The van der Waals surface area contributed by atoms with Crippen LogP contribution in [0.1, 0.15) is 18.3 Å². The van der Waals surface area contributed by atoms with Crippen molar-refractivity contribution in [2.75, 3.05) is 7.05 Å². The number of alkyl halides is 3. The monoisotopic (exact) mass is 474 g/mol. The first-order chi connectivity index (χ1) is 14.4. The van der Waals surface area contributed by atoms with E-state index < -0.39 is 38.6 Å². The van der Waals surface area contributed by atoms with Gasteiger partial charge in [-0.2, -0.15) is 17.9 Å². The molecule has 2 N–H and O–H groups in total. The molecule has 0 aliphatic carbocycles. The maximum atomic E-state index is 13.2. The number of likely N-dealkylation sites (N-methyl/N-ethyl adjacent to an activating group) is 1. The maximum absolute atomic E-state index is 13.2. The molecule has 166 valence electrons. The largest absolute Gasteiger partial charge is 0.417 e. The van der Waals surface area contributed by atoms with Gasteiger partial charge in [-0.05, 0) is 30.5 Å². The van der Waals surface area contributed by atoms with Crippen molar-refractivity contribution in [3.63, 3.8) is 0 Å². The third kappa shape index (κ3) is 4.94. The van der Waals surface area contributed by atoms with E-state index in [0.29, 0.717) is 16.3 Å². The number of nitrogens with zero attached hydrogens (tertiary/aromatic N) is 2. The van der Waals surface area contributed by atoms with E-state index in [1.54, 1.807) is 11.4 Å². The Balaban J connectivity index is 1.77. The minimum Gasteiger partial charge on any atom is -0.337 e. The summed E-state index contributed by atoms with van der Waals surface area (Å²) in [6.07, 6.45) is -4.88. The number of carbonyl (C=O) groups is 1. The van der Waals surface area contributed by atoms with Crippen LogP contribution in [0.15, 0.2) is 45.4 Å². The topological polar surface area (TPSA) is 112 Å². The Hall–Kier alpha value is -2.77. The van der Waals surface area contributed by atoms with Crippen LogP contribution in [0.2, 0.25) is 0 Å². The molecule has 0 radical (unpaired) electrons. The van der Waals surface area contributed by atoms with Crippen molar-refractivity contribution in [1.82, 2.24) is 19.6 Å². The van der Waals surface area contributed by atoms with Crippen LogP contribution in [-0.2, 0) is 27.5 Å². The lowest BCUT2D eigenvalue weighted by Crippen LogP contribution is -2.45. The van der Waals surface area contributed by atoms with E-state index >= 15 is 0 Å². The van der Waals surface area contributed by atoms with Crippen LogP contribution in [0, 0.1) is 0 Å². The number of benzene rings is 1. The average Bonchev–Trinajstić information content (AvgIpc) is 3.15. The number of halogens is 3. The van der Waals surface area contributed by atoms with Gasteiger partial charge in [-0.15, -0.1) is 11.3 Å². The molecule has 2 aromatic heterocycles. The zero-order chi connectivity index (χ0) is 23.0. The van der Waals surface area contributed by atoms with E-state index in [0.717, 1.165) is 23.1 Å². The summed E-state index contributed by atoms with van der Waals surface area (Å²) in [5, 5.41) is 1.70. The number of hydrogen-bond donors (Lipinski definition) is 2. The molecule has 0 spiro atoms. The van der Waals surface area contributed by atoms with Crippen molar-refractivity contribution >= 4 is 37.5 Å². The minimum absolute atomic E-state index is 0.134. The zero-order valence-corrected chi connectivity index (χ0v) is 17.9. The van der Waals surface area contributed by atoms with Gasteiger partial charge in [-0.3, -0.25) is 9.59 Å². The fourth-order valence-electron chi connectivity index (χ4n) is 2.91. The average molecular weight is 474 g/mol. The number of amides is 1. The van der Waals surface area contributed by atoms with Gasteiger partial charge < -0.3 is 9.88 Å². The summed E-state index contributed by atoms with van der Waals surface area (Å²) in [5.74, 6) is -0.537. The molecule has 31 heavy (non-hydrogen) atoms. The highest BCUT2D eigenvalue weighted by Gasteiger charge is 2.37. The van der Waals surface area contributed by atoms with E-state index in [2.05, 4.69) is 9.97 Å². The van der Waals surface area contributed by atoms with Crippen LogP contribution in [0.25, 0.3) is 10.2 Å². The number of thiophene rings is 1. The first-order valence-electron chi connectivity index (χ1n) is 8.80. The van der Waals surface area contributed by atoms with Crippen LogP contribution in [0.4, 0.5) is 13.2 Å². The molecule has 13 heteroatoms. The molecule has 0 fully saturated rings. The molecule has 2 heterocycles. The summed E-state index contributed by atoms with van der Waals surface area (Å²) in [7, 11) is -3.29. The van der Waals surface area contributed by atoms with Crippen LogP contribution in [0.3, 0.4) is 0 Å². The third-order valence-electron chi connectivity index (χ3n) is 4.31. The van der Waals surface area contributed by atoms with Gasteiger partial charge in [0.25, 0.3) is 5.56 Å². The number of sulfonamides is 1. The number of carbonyl (C=O) groups excluding carboxylic acids is 1. The second-order valence-electron chi connectivity index (χ2n) is 6.68. The smallest absolute Gasteiger partial charge is 0.337 e. The molecular weight excluding hydrogens is 457 g/mol. The van der Waals surface area contributed by atoms with Crippen LogP contribution in [0.5, 0.6) is 0 Å². The van der Waals surface area contributed by atoms with E-state index in [-0.39, 0.29) is 17.9 Å². The number of hydrogen-bond acceptors (Lipinski definition) is 6. The number of H-pyrrole nitrogens is 1. The van der Waals surface area contributed by atoms with Crippen molar-refractivity contribution in [3.05, 3.63) is 57.5 Å². The van der Waals surface area contributed by atoms with Crippen molar-refractivity contribution in [2.24, 2.45) is 0 Å². The molecule has 3 rings (SSSR count). The van der Waals surface area contributed by atoms with Gasteiger partial charge in [-0.25, -0.2) is 13.4 Å². The van der Waals surface area contributed by atoms with Gasteiger partial charge in [-0.1, -0.05) is 12.1 Å². The SMILES string of the molecule is C[C@H](NS(=O)(=O)c1ccccc1C(F)(F)F)C(=O)N(C)Cc1nc2ccsc2c(=O)[nH]1. The summed E-state index contributed by atoms with van der Waals surface area (Å²) in [4.78, 5) is 31.5. The quantitative estimate of drug-likeness (QED) is 0.570. The first-order valence-corrected chi connectivity index (χ1v) is 11.2. The normalized spacial score (nSPS) is 13.3. The summed E-state index contributed by atoms with van der Waals surface area (Å²) in [5.41, 5.74) is -1.24. The van der Waals surface area contributed by atoms with E-state index in [1.807, 2.05) is 4.72 Å². The first kappa shape index (κ1) is 22.9. The molecule has 8 nitrogen and oxygen atoms in total. The Labute approximate surface area is 178 Å². The lowest BCUT2D eigenvalue weighted by Gasteiger charge is -2.22. The number of rotatable bonds is 6. The van der Waals surface area contributed by atoms with Crippen LogP contribution >= 0.6 is 11.3 Å². The van der Waals surface area contributed by atoms with Gasteiger partial charge in [0, 0.05) is 7.05 Å². The van der Waals surface area contributed by atoms with Gasteiger partial charge in [0.1, 0.15) is 10.5 Å². The predicted molar refractivity (Wildman–Crippen MR) is 108 cm³/mol. The predicted octanol–water partition coefficient (Wildman–Crippen LogP) is 2.33. The molecule has 1 atom stereocenters. The van der Waals surface area contributed by atoms with Crippen molar-refractivity contribution in [3.8, 4) is 0 Å². The van der Waals surface area contributed by atoms with E-state index in [1.165, 1.54) is 25.3 Å². The third-order valence-corrected chi connectivity index (χ3v) is 6.81. The van der Waals surface area contributed by atoms with Crippen molar-refractivity contribution in [2.45, 2.75) is 30.6 Å². The highest BCUT2D eigenvalue weighted by molar-refractivity contribution is 7.89. The summed E-state index contributed by atoms with van der Waals surface area (Å²) in [6.45, 7) is 1.08. The second-order valence-corrected chi connectivity index (χ2v) is 9.28. The standard InChI is InChI=1S/C18H17F3N4O4S2/c1-10(24-31(28,29)13-6-4-3-5-11(13)18(19,20)21)17(27)25(2)9-14-22-12-7-8-30-15(12)16(26)23-14/h3-8,10,24H,9H2,1-2H3,(H,22,23,26)/t10-/m0/s1. The van der Waals surface area contributed by atoms with Gasteiger partial charge in [0.05, 0.1) is 28.6 Å². The lowest BCUT2D eigenvalue weighted by molar-refractivity contribution is -0.139. The van der Waals surface area contributed by atoms with Gasteiger partial charge >= 0.3 is 6.18 Å². The van der Waals surface area contributed by atoms with E-state index in [4.69, 9.17) is 0 Å². The molecule has 0 aliphatic heterocycles. The molecule has 0 unspecified atom stereocenters. The number of nitrogens with one attached hydrogen (secondary N) is 2. The van der Waals surface area contributed by atoms with Crippen LogP contribution in [-0.4, -0.2) is 42.3 Å². The number of aromatic amines is 1. The summed E-state index contributed by atoms with van der Waals surface area (Å²) < 4.78 is 66.9. The Bertz CT molecular complexity index is 1280. The Morgan fingerprint density at radius 3 is 2.65 bits per heavy atom. The Kier molecular flexibility index (Phi) is 6.21. The van der Waals surface area contributed by atoms with Gasteiger partial charge in [0.15, 0.2) is 0 Å². The Morgan fingerprint density at radius 2 is 1.97 bits per heavy atom. The highest BCUT2D eigenvalue weighted by atomic mass is 32.2. The maximum Gasteiger partial charge on any atom is 0.417 e. The number of fused-ring (bicyclic) bond motifs is 1.